The first kappa shape index (κ1) is 17.2. The molecular formula is C15H19N3O4S. The van der Waals surface area contributed by atoms with Crippen LogP contribution >= 0.6 is 0 Å². The molecule has 1 aromatic carbocycles. The molecule has 2 N–H and O–H groups in total. The average Bonchev–Trinajstić information content (AvgIpc) is 2.98. The number of sulfonamides is 1. The lowest BCUT2D eigenvalue weighted by molar-refractivity contribution is -0.138. The molecule has 0 aliphatic carbocycles. The molecule has 7 nitrogen and oxygen atoms in total. The maximum atomic E-state index is 12.3. The Morgan fingerprint density at radius 3 is 2.48 bits per heavy atom. The van der Waals surface area contributed by atoms with Crippen LogP contribution in [0.25, 0.3) is 0 Å². The molecule has 0 unspecified atom stereocenters. The molecule has 0 fully saturated rings. The zero-order valence-corrected chi connectivity index (χ0v) is 13.7. The van der Waals surface area contributed by atoms with Gasteiger partial charge in [-0.2, -0.15) is 4.72 Å². The number of nitrogens with zero attached hydrogens (tertiary/aromatic N) is 2. The van der Waals surface area contributed by atoms with Gasteiger partial charge >= 0.3 is 5.97 Å². The number of nitrogens with one attached hydrogen (secondary N) is 1. The number of carboxylic acids is 1. The highest BCUT2D eigenvalue weighted by Gasteiger charge is 2.27. The summed E-state index contributed by atoms with van der Waals surface area (Å²) in [5.41, 5.74) is 0.732. The number of imidazole rings is 1. The van der Waals surface area contributed by atoms with Crippen molar-refractivity contribution in [3.63, 3.8) is 0 Å². The maximum Gasteiger partial charge on any atom is 0.322 e. The first-order chi connectivity index (χ1) is 10.8. The normalized spacial score (nSPS) is 13.2. The van der Waals surface area contributed by atoms with Gasteiger partial charge in [0.1, 0.15) is 6.04 Å². The molecule has 0 aliphatic rings. The third-order valence-electron chi connectivity index (χ3n) is 3.33. The predicted molar refractivity (Wildman–Crippen MR) is 84.5 cm³/mol. The molecule has 23 heavy (non-hydrogen) atoms. The Kier molecular flexibility index (Phi) is 5.17. The maximum absolute atomic E-state index is 12.3. The monoisotopic (exact) mass is 337 g/mol. The number of aromatic nitrogens is 2. The minimum Gasteiger partial charge on any atom is -0.480 e. The van der Waals surface area contributed by atoms with Crippen molar-refractivity contribution in [1.29, 1.82) is 0 Å². The van der Waals surface area contributed by atoms with Crippen molar-refractivity contribution in [2.45, 2.75) is 37.4 Å². The van der Waals surface area contributed by atoms with Crippen molar-refractivity contribution >= 4 is 16.0 Å². The Hall–Kier alpha value is -2.19. The minimum atomic E-state index is -4.00. The van der Waals surface area contributed by atoms with Gasteiger partial charge in [0.15, 0.2) is 5.03 Å². The van der Waals surface area contributed by atoms with E-state index in [0.717, 1.165) is 5.56 Å². The fraction of sp³-hybridized carbons (Fsp3) is 0.333. The Morgan fingerprint density at radius 2 is 1.96 bits per heavy atom. The van der Waals surface area contributed by atoms with Gasteiger partial charge in [0.2, 0.25) is 0 Å². The van der Waals surface area contributed by atoms with Crippen molar-refractivity contribution in [3.05, 3.63) is 48.4 Å². The number of rotatable bonds is 7. The topological polar surface area (TPSA) is 101 Å². The summed E-state index contributed by atoms with van der Waals surface area (Å²) in [5, 5.41) is 9.10. The lowest BCUT2D eigenvalue weighted by Gasteiger charge is -2.14. The van der Waals surface area contributed by atoms with Gasteiger partial charge in [0, 0.05) is 12.2 Å². The molecule has 0 spiro atoms. The van der Waals surface area contributed by atoms with Crippen LogP contribution in [0.3, 0.4) is 0 Å². The van der Waals surface area contributed by atoms with E-state index in [2.05, 4.69) is 9.71 Å². The van der Waals surface area contributed by atoms with E-state index in [9.17, 15) is 18.3 Å². The standard InChI is InChI=1S/C15H19N3O4S/c1-11(2)18-9-14(16-10-18)23(21,22)17-13(15(19)20)8-12-6-4-3-5-7-12/h3-7,9-11,13,17H,8H2,1-2H3,(H,19,20)/t13-/m1/s1. The molecule has 8 heteroatoms. The summed E-state index contributed by atoms with van der Waals surface area (Å²) < 4.78 is 28.5. The predicted octanol–water partition coefficient (Wildman–Crippen LogP) is 1.44. The van der Waals surface area contributed by atoms with Gasteiger partial charge in [-0.3, -0.25) is 4.79 Å². The summed E-state index contributed by atoms with van der Waals surface area (Å²) in [5.74, 6) is -1.24. The zero-order valence-electron chi connectivity index (χ0n) is 12.9. The molecule has 2 aromatic rings. The zero-order chi connectivity index (χ0) is 17.0. The summed E-state index contributed by atoms with van der Waals surface area (Å²) in [4.78, 5) is 15.2. The summed E-state index contributed by atoms with van der Waals surface area (Å²) in [6, 6.07) is 7.65. The lowest BCUT2D eigenvalue weighted by atomic mass is 10.1. The third-order valence-corrected chi connectivity index (χ3v) is 4.68. The van der Waals surface area contributed by atoms with Crippen molar-refractivity contribution in [3.8, 4) is 0 Å². The van der Waals surface area contributed by atoms with E-state index in [1.807, 2.05) is 19.9 Å². The number of carboxylic acid groups (broad SMARTS) is 1. The fourth-order valence-electron chi connectivity index (χ4n) is 2.02. The van der Waals surface area contributed by atoms with Crippen LogP contribution in [0.4, 0.5) is 0 Å². The fourth-order valence-corrected chi connectivity index (χ4v) is 3.14. The second-order valence-corrected chi connectivity index (χ2v) is 7.12. The van der Waals surface area contributed by atoms with Crippen LogP contribution < -0.4 is 4.72 Å². The summed E-state index contributed by atoms with van der Waals surface area (Å²) >= 11 is 0. The van der Waals surface area contributed by atoms with E-state index >= 15 is 0 Å². The first-order valence-electron chi connectivity index (χ1n) is 7.12. The van der Waals surface area contributed by atoms with Crippen LogP contribution in [-0.2, 0) is 21.2 Å². The van der Waals surface area contributed by atoms with Gasteiger partial charge in [-0.05, 0) is 25.8 Å². The minimum absolute atomic E-state index is 0.0558. The van der Waals surface area contributed by atoms with Gasteiger partial charge in [0.05, 0.1) is 6.33 Å². The average molecular weight is 337 g/mol. The quantitative estimate of drug-likeness (QED) is 0.796. The molecule has 1 atom stereocenters. The van der Waals surface area contributed by atoms with Crippen LogP contribution in [0.5, 0.6) is 0 Å². The van der Waals surface area contributed by atoms with E-state index in [4.69, 9.17) is 0 Å². The van der Waals surface area contributed by atoms with E-state index < -0.39 is 22.0 Å². The highest BCUT2D eigenvalue weighted by molar-refractivity contribution is 7.89. The highest BCUT2D eigenvalue weighted by atomic mass is 32.2. The number of benzene rings is 1. The van der Waals surface area contributed by atoms with Gasteiger partial charge in [0.25, 0.3) is 10.0 Å². The van der Waals surface area contributed by atoms with E-state index in [1.165, 1.54) is 12.5 Å². The Balaban J connectivity index is 2.19. The summed E-state index contributed by atoms with van der Waals surface area (Å²) in [6.45, 7) is 3.78. The van der Waals surface area contributed by atoms with E-state index in [0.29, 0.717) is 0 Å². The number of aliphatic carboxylic acids is 1. The van der Waals surface area contributed by atoms with Crippen LogP contribution in [0, 0.1) is 0 Å². The second-order valence-electron chi connectivity index (χ2n) is 5.45. The highest BCUT2D eigenvalue weighted by Crippen LogP contribution is 2.12. The van der Waals surface area contributed by atoms with Gasteiger partial charge in [-0.1, -0.05) is 30.3 Å². The molecule has 0 aliphatic heterocycles. The van der Waals surface area contributed by atoms with Gasteiger partial charge in [-0.25, -0.2) is 13.4 Å². The summed E-state index contributed by atoms with van der Waals surface area (Å²) in [6.07, 6.45) is 2.85. The molecule has 0 saturated carbocycles. The number of hydrogen-bond acceptors (Lipinski definition) is 4. The van der Waals surface area contributed by atoms with Crippen molar-refractivity contribution < 1.29 is 18.3 Å². The molecule has 1 aromatic heterocycles. The molecule has 0 radical (unpaired) electrons. The molecular weight excluding hydrogens is 318 g/mol. The molecule has 2 rings (SSSR count). The van der Waals surface area contributed by atoms with Crippen LogP contribution in [0.1, 0.15) is 25.5 Å². The number of hydrogen-bond donors (Lipinski definition) is 2. The molecule has 0 saturated heterocycles. The van der Waals surface area contributed by atoms with Crippen molar-refractivity contribution in [1.82, 2.24) is 14.3 Å². The molecule has 0 bridgehead atoms. The molecule has 0 amide bonds. The third kappa shape index (κ3) is 4.40. The van der Waals surface area contributed by atoms with E-state index in [1.54, 1.807) is 28.8 Å². The van der Waals surface area contributed by atoms with E-state index in [-0.39, 0.29) is 17.5 Å². The lowest BCUT2D eigenvalue weighted by Crippen LogP contribution is -2.42. The van der Waals surface area contributed by atoms with Crippen LogP contribution in [-0.4, -0.2) is 35.1 Å². The Labute approximate surface area is 135 Å². The summed E-state index contributed by atoms with van der Waals surface area (Å²) in [7, 11) is -4.00. The van der Waals surface area contributed by atoms with Crippen molar-refractivity contribution in [2.75, 3.05) is 0 Å². The van der Waals surface area contributed by atoms with Crippen LogP contribution in [0.2, 0.25) is 0 Å². The Morgan fingerprint density at radius 1 is 1.30 bits per heavy atom. The smallest absolute Gasteiger partial charge is 0.322 e. The van der Waals surface area contributed by atoms with Crippen molar-refractivity contribution in [2.24, 2.45) is 0 Å². The van der Waals surface area contributed by atoms with Crippen LogP contribution in [0.15, 0.2) is 47.9 Å². The Bertz CT molecular complexity index is 769. The van der Waals surface area contributed by atoms with Gasteiger partial charge in [-0.15, -0.1) is 0 Å². The number of carbonyl (C=O) groups is 1. The largest absolute Gasteiger partial charge is 0.480 e. The second kappa shape index (κ2) is 6.93. The molecule has 1 heterocycles. The first-order valence-corrected chi connectivity index (χ1v) is 8.60. The molecule has 124 valence electrons. The van der Waals surface area contributed by atoms with Gasteiger partial charge < -0.3 is 9.67 Å². The SMILES string of the molecule is CC(C)n1cnc(S(=O)(=O)N[C@H](Cc2ccccc2)C(=O)O)c1.